The van der Waals surface area contributed by atoms with Crippen molar-refractivity contribution < 1.29 is 14.7 Å². The molecule has 5 nitrogen and oxygen atoms in total. The fourth-order valence-corrected chi connectivity index (χ4v) is 1.50. The Morgan fingerprint density at radius 3 is 2.71 bits per heavy atom. The van der Waals surface area contributed by atoms with Crippen LogP contribution in [0.4, 0.5) is 5.69 Å². The molecule has 0 atom stereocenters. The number of hydrogen-bond donors (Lipinski definition) is 2. The van der Waals surface area contributed by atoms with Crippen LogP contribution >= 0.6 is 15.9 Å². The first kappa shape index (κ1) is 13.6. The van der Waals surface area contributed by atoms with E-state index in [1.54, 1.807) is 18.5 Å². The molecule has 1 aromatic heterocycles. The minimum absolute atomic E-state index is 0.0862. The number of carbonyl (C=O) groups excluding carboxylic acids is 1. The standard InChI is InChI=1S/C11H13BrN2O3/c1-11(2,10(16)17)5-9(15)14-8-3-4-13-6-7(8)12/h3-4,6H,5H2,1-2H3,(H,16,17)(H,13,14,15). The molecule has 0 aliphatic heterocycles. The summed E-state index contributed by atoms with van der Waals surface area (Å²) in [6.45, 7) is 3.02. The molecule has 6 heteroatoms. The number of carboxylic acids is 1. The molecule has 0 aliphatic rings. The molecule has 0 unspecified atom stereocenters. The van der Waals surface area contributed by atoms with Crippen LogP contribution in [0.5, 0.6) is 0 Å². The summed E-state index contributed by atoms with van der Waals surface area (Å²) >= 11 is 3.24. The number of anilines is 1. The van der Waals surface area contributed by atoms with E-state index in [0.29, 0.717) is 10.2 Å². The van der Waals surface area contributed by atoms with Crippen molar-refractivity contribution in [3.8, 4) is 0 Å². The van der Waals surface area contributed by atoms with Gasteiger partial charge in [-0.1, -0.05) is 0 Å². The highest BCUT2D eigenvalue weighted by Gasteiger charge is 2.30. The van der Waals surface area contributed by atoms with Gasteiger partial charge in [-0.3, -0.25) is 14.6 Å². The molecule has 2 N–H and O–H groups in total. The average molecular weight is 301 g/mol. The lowest BCUT2D eigenvalue weighted by atomic mass is 9.89. The summed E-state index contributed by atoms with van der Waals surface area (Å²) in [4.78, 5) is 26.4. The van der Waals surface area contributed by atoms with Gasteiger partial charge in [-0.2, -0.15) is 0 Å². The summed E-state index contributed by atoms with van der Waals surface area (Å²) in [6, 6.07) is 1.63. The van der Waals surface area contributed by atoms with E-state index in [4.69, 9.17) is 5.11 Å². The number of amides is 1. The largest absolute Gasteiger partial charge is 0.481 e. The minimum atomic E-state index is -1.08. The van der Waals surface area contributed by atoms with E-state index in [2.05, 4.69) is 26.2 Å². The van der Waals surface area contributed by atoms with E-state index in [9.17, 15) is 9.59 Å². The van der Waals surface area contributed by atoms with E-state index in [0.717, 1.165) is 0 Å². The first-order valence-corrected chi connectivity index (χ1v) is 5.75. The Morgan fingerprint density at radius 1 is 1.53 bits per heavy atom. The third-order valence-corrected chi connectivity index (χ3v) is 2.86. The Kier molecular flexibility index (Phi) is 4.22. The van der Waals surface area contributed by atoms with Crippen LogP contribution in [-0.4, -0.2) is 22.0 Å². The zero-order valence-electron chi connectivity index (χ0n) is 9.53. The lowest BCUT2D eigenvalue weighted by Crippen LogP contribution is -2.29. The maximum Gasteiger partial charge on any atom is 0.309 e. The molecule has 1 aromatic rings. The minimum Gasteiger partial charge on any atom is -0.481 e. The van der Waals surface area contributed by atoms with Crippen molar-refractivity contribution in [3.05, 3.63) is 22.9 Å². The van der Waals surface area contributed by atoms with Crippen LogP contribution in [0, 0.1) is 5.41 Å². The zero-order valence-corrected chi connectivity index (χ0v) is 11.1. The zero-order chi connectivity index (χ0) is 13.1. The van der Waals surface area contributed by atoms with Crippen LogP contribution in [0.2, 0.25) is 0 Å². The molecule has 0 fully saturated rings. The lowest BCUT2D eigenvalue weighted by molar-refractivity contribution is -0.148. The summed E-state index contributed by atoms with van der Waals surface area (Å²) in [7, 11) is 0. The topological polar surface area (TPSA) is 79.3 Å². The molecule has 0 spiro atoms. The van der Waals surface area contributed by atoms with Crippen LogP contribution in [0.3, 0.4) is 0 Å². The molecule has 1 amide bonds. The second-order valence-electron chi connectivity index (χ2n) is 4.27. The number of pyridine rings is 1. The smallest absolute Gasteiger partial charge is 0.309 e. The number of nitrogens with one attached hydrogen (secondary N) is 1. The lowest BCUT2D eigenvalue weighted by Gasteiger charge is -2.18. The first-order chi connectivity index (χ1) is 7.83. The van der Waals surface area contributed by atoms with Crippen molar-refractivity contribution in [2.24, 2.45) is 5.41 Å². The van der Waals surface area contributed by atoms with Gasteiger partial charge in [-0.25, -0.2) is 0 Å². The summed E-state index contributed by atoms with van der Waals surface area (Å²) in [5.41, 5.74) is -0.505. The summed E-state index contributed by atoms with van der Waals surface area (Å²) in [6.07, 6.45) is 3.01. The maximum absolute atomic E-state index is 11.7. The number of aliphatic carboxylic acids is 1. The Morgan fingerprint density at radius 2 is 2.18 bits per heavy atom. The molecule has 1 heterocycles. The van der Waals surface area contributed by atoms with Crippen LogP contribution in [0.25, 0.3) is 0 Å². The predicted octanol–water partition coefficient (Wildman–Crippen LogP) is 2.28. The SMILES string of the molecule is CC(C)(CC(=O)Nc1ccncc1Br)C(=O)O. The summed E-state index contributed by atoms with van der Waals surface area (Å²) in [5, 5.41) is 11.5. The molecule has 0 bridgehead atoms. The van der Waals surface area contributed by atoms with E-state index in [-0.39, 0.29) is 12.3 Å². The van der Waals surface area contributed by atoms with Crippen LogP contribution in [0.1, 0.15) is 20.3 Å². The number of hydrogen-bond acceptors (Lipinski definition) is 3. The van der Waals surface area contributed by atoms with Crippen molar-refractivity contribution >= 4 is 33.5 Å². The Hall–Kier alpha value is -1.43. The molecule has 0 saturated carbocycles. The van der Waals surface area contributed by atoms with Crippen LogP contribution in [0.15, 0.2) is 22.9 Å². The second kappa shape index (κ2) is 5.27. The van der Waals surface area contributed by atoms with E-state index < -0.39 is 11.4 Å². The Balaban J connectivity index is 2.69. The highest BCUT2D eigenvalue weighted by molar-refractivity contribution is 9.10. The van der Waals surface area contributed by atoms with Gasteiger partial charge in [0.15, 0.2) is 0 Å². The monoisotopic (exact) mass is 300 g/mol. The van der Waals surface area contributed by atoms with Gasteiger partial charge in [0.2, 0.25) is 5.91 Å². The number of rotatable bonds is 4. The highest BCUT2D eigenvalue weighted by Crippen LogP contribution is 2.24. The second-order valence-corrected chi connectivity index (χ2v) is 5.12. The molecule has 0 aromatic carbocycles. The van der Waals surface area contributed by atoms with Crippen molar-refractivity contribution in [2.75, 3.05) is 5.32 Å². The average Bonchev–Trinajstić information content (AvgIpc) is 2.20. The number of carboxylic acid groups (broad SMARTS) is 1. The van der Waals surface area contributed by atoms with Crippen molar-refractivity contribution in [2.45, 2.75) is 20.3 Å². The van der Waals surface area contributed by atoms with Crippen LogP contribution in [-0.2, 0) is 9.59 Å². The van der Waals surface area contributed by atoms with Gasteiger partial charge in [0, 0.05) is 18.8 Å². The van der Waals surface area contributed by atoms with E-state index in [1.165, 1.54) is 13.8 Å². The quantitative estimate of drug-likeness (QED) is 0.894. The number of aromatic nitrogens is 1. The normalized spacial score (nSPS) is 11.0. The molecule has 92 valence electrons. The van der Waals surface area contributed by atoms with E-state index >= 15 is 0 Å². The molecule has 0 radical (unpaired) electrons. The first-order valence-electron chi connectivity index (χ1n) is 4.96. The highest BCUT2D eigenvalue weighted by atomic mass is 79.9. The number of carbonyl (C=O) groups is 2. The summed E-state index contributed by atoms with van der Waals surface area (Å²) < 4.78 is 0.654. The summed E-state index contributed by atoms with van der Waals surface area (Å²) in [5.74, 6) is -1.34. The molecular formula is C11H13BrN2O3. The Bertz CT molecular complexity index is 446. The molecule has 0 aliphatic carbocycles. The van der Waals surface area contributed by atoms with Gasteiger partial charge in [0.25, 0.3) is 0 Å². The van der Waals surface area contributed by atoms with Crippen molar-refractivity contribution in [3.63, 3.8) is 0 Å². The predicted molar refractivity (Wildman–Crippen MR) is 66.6 cm³/mol. The number of nitrogens with zero attached hydrogens (tertiary/aromatic N) is 1. The fraction of sp³-hybridized carbons (Fsp3) is 0.364. The molecule has 17 heavy (non-hydrogen) atoms. The maximum atomic E-state index is 11.7. The molecule has 0 saturated heterocycles. The van der Waals surface area contributed by atoms with Crippen LogP contribution < -0.4 is 5.32 Å². The fourth-order valence-electron chi connectivity index (χ4n) is 1.15. The van der Waals surface area contributed by atoms with Gasteiger partial charge in [-0.15, -0.1) is 0 Å². The van der Waals surface area contributed by atoms with E-state index in [1.807, 2.05) is 0 Å². The molecule has 1 rings (SSSR count). The molecular weight excluding hydrogens is 288 g/mol. The number of halogens is 1. The van der Waals surface area contributed by atoms with Gasteiger partial charge < -0.3 is 10.4 Å². The van der Waals surface area contributed by atoms with Gasteiger partial charge >= 0.3 is 5.97 Å². The van der Waals surface area contributed by atoms with Gasteiger partial charge in [0.05, 0.1) is 15.6 Å². The third kappa shape index (κ3) is 3.81. The van der Waals surface area contributed by atoms with Crippen molar-refractivity contribution in [1.82, 2.24) is 4.98 Å². The third-order valence-electron chi connectivity index (χ3n) is 2.23. The Labute approximate surface area is 107 Å². The van der Waals surface area contributed by atoms with Crippen molar-refractivity contribution in [1.29, 1.82) is 0 Å². The van der Waals surface area contributed by atoms with Gasteiger partial charge in [0.1, 0.15) is 0 Å². The van der Waals surface area contributed by atoms with Gasteiger partial charge in [-0.05, 0) is 35.8 Å².